The maximum absolute atomic E-state index is 6.14. The van der Waals surface area contributed by atoms with Gasteiger partial charge in [0.1, 0.15) is 11.5 Å². The number of hydrogen-bond acceptors (Lipinski definition) is 2. The minimum atomic E-state index is 0.418. The molecule has 0 saturated heterocycles. The fourth-order valence-electron chi connectivity index (χ4n) is 2.14. The second-order valence-corrected chi connectivity index (χ2v) is 6.40. The third-order valence-corrected chi connectivity index (χ3v) is 4.00. The summed E-state index contributed by atoms with van der Waals surface area (Å²) in [6.45, 7) is 0. The Bertz CT molecular complexity index is 888. The first-order valence-electron chi connectivity index (χ1n) is 7.46. The summed E-state index contributed by atoms with van der Waals surface area (Å²) in [4.78, 5) is 0. The first-order chi connectivity index (χ1) is 12.1. The van der Waals surface area contributed by atoms with Crippen molar-refractivity contribution >= 4 is 51.9 Å². The van der Waals surface area contributed by atoms with E-state index in [1.807, 2.05) is 54.6 Å². The van der Waals surface area contributed by atoms with Gasteiger partial charge < -0.3 is 15.4 Å². The molecule has 126 valence electrons. The maximum atomic E-state index is 6.14. The zero-order valence-electron chi connectivity index (χ0n) is 13.0. The van der Waals surface area contributed by atoms with E-state index in [1.165, 1.54) is 0 Å². The highest BCUT2D eigenvalue weighted by atomic mass is 35.5. The second kappa shape index (κ2) is 8.21. The Labute approximate surface area is 161 Å². The molecule has 3 nitrogen and oxygen atoms in total. The molecule has 6 heteroatoms. The van der Waals surface area contributed by atoms with Crippen molar-refractivity contribution in [2.45, 2.75) is 0 Å². The fourth-order valence-corrected chi connectivity index (χ4v) is 2.82. The molecule has 0 spiro atoms. The molecule has 0 amide bonds. The van der Waals surface area contributed by atoms with Gasteiger partial charge in [-0.15, -0.1) is 0 Å². The second-order valence-electron chi connectivity index (χ2n) is 5.15. The van der Waals surface area contributed by atoms with Crippen LogP contribution >= 0.6 is 35.4 Å². The molecule has 0 fully saturated rings. The zero-order valence-corrected chi connectivity index (χ0v) is 15.3. The van der Waals surface area contributed by atoms with Crippen LogP contribution in [-0.2, 0) is 0 Å². The Hall–Kier alpha value is -2.27. The monoisotopic (exact) mass is 388 g/mol. The summed E-state index contributed by atoms with van der Waals surface area (Å²) in [5.74, 6) is 1.48. The van der Waals surface area contributed by atoms with Crippen molar-refractivity contribution < 1.29 is 4.74 Å². The minimum absolute atomic E-state index is 0.418. The van der Waals surface area contributed by atoms with Crippen LogP contribution in [0.3, 0.4) is 0 Å². The Balaban J connectivity index is 1.66. The Morgan fingerprint density at radius 2 is 1.56 bits per heavy atom. The predicted octanol–water partition coefficient (Wildman–Crippen LogP) is 6.59. The van der Waals surface area contributed by atoms with Gasteiger partial charge in [0.2, 0.25) is 0 Å². The molecule has 0 saturated carbocycles. The van der Waals surface area contributed by atoms with Gasteiger partial charge in [-0.3, -0.25) is 0 Å². The molecule has 3 aromatic carbocycles. The predicted molar refractivity (Wildman–Crippen MR) is 109 cm³/mol. The van der Waals surface area contributed by atoms with Gasteiger partial charge in [0, 0.05) is 16.8 Å². The fraction of sp³-hybridized carbons (Fsp3) is 0. The average Bonchev–Trinajstić information content (AvgIpc) is 2.59. The van der Waals surface area contributed by atoms with E-state index >= 15 is 0 Å². The van der Waals surface area contributed by atoms with Crippen LogP contribution in [0.4, 0.5) is 11.4 Å². The van der Waals surface area contributed by atoms with Gasteiger partial charge in [-0.05, 0) is 54.7 Å². The summed E-state index contributed by atoms with van der Waals surface area (Å²) in [5.41, 5.74) is 1.48. The molecule has 3 aromatic rings. The van der Waals surface area contributed by atoms with Crippen LogP contribution in [0.1, 0.15) is 0 Å². The van der Waals surface area contributed by atoms with Gasteiger partial charge in [-0.2, -0.15) is 0 Å². The molecule has 0 atom stereocenters. The summed E-state index contributed by atoms with van der Waals surface area (Å²) < 4.78 is 5.81. The first kappa shape index (κ1) is 17.5. The van der Waals surface area contributed by atoms with Crippen LogP contribution in [0.25, 0.3) is 0 Å². The standard InChI is InChI=1S/C19H14Cl2N2OS/c20-13-9-10-18(17(21)11-13)23-19(25)22-14-5-4-8-16(12-14)24-15-6-2-1-3-7-15/h1-12H,(H2,22,23,25). The molecule has 3 rings (SSSR count). The van der Waals surface area contributed by atoms with Gasteiger partial charge in [0.25, 0.3) is 0 Å². The molecular formula is C19H14Cl2N2OS. The molecule has 0 aliphatic rings. The van der Waals surface area contributed by atoms with Gasteiger partial charge >= 0.3 is 0 Å². The highest BCUT2D eigenvalue weighted by molar-refractivity contribution is 7.80. The molecule has 0 heterocycles. The van der Waals surface area contributed by atoms with Gasteiger partial charge in [0.15, 0.2) is 5.11 Å². The van der Waals surface area contributed by atoms with Crippen molar-refractivity contribution in [3.8, 4) is 11.5 Å². The minimum Gasteiger partial charge on any atom is -0.457 e. The van der Waals surface area contributed by atoms with E-state index in [-0.39, 0.29) is 0 Å². The van der Waals surface area contributed by atoms with Crippen LogP contribution in [0.2, 0.25) is 10.0 Å². The first-order valence-corrected chi connectivity index (χ1v) is 8.62. The van der Waals surface area contributed by atoms with Crippen LogP contribution in [-0.4, -0.2) is 5.11 Å². The van der Waals surface area contributed by atoms with Crippen LogP contribution in [0.15, 0.2) is 72.8 Å². The highest BCUT2D eigenvalue weighted by Crippen LogP contribution is 2.26. The largest absolute Gasteiger partial charge is 0.457 e. The number of nitrogens with one attached hydrogen (secondary N) is 2. The number of halogens is 2. The highest BCUT2D eigenvalue weighted by Gasteiger charge is 2.05. The maximum Gasteiger partial charge on any atom is 0.175 e. The number of anilines is 2. The van der Waals surface area contributed by atoms with Crippen molar-refractivity contribution in [2.75, 3.05) is 10.6 Å². The molecule has 0 aliphatic carbocycles. The zero-order chi connectivity index (χ0) is 17.6. The molecule has 2 N–H and O–H groups in total. The van der Waals surface area contributed by atoms with E-state index in [2.05, 4.69) is 10.6 Å². The lowest BCUT2D eigenvalue weighted by molar-refractivity contribution is 0.483. The third-order valence-electron chi connectivity index (χ3n) is 3.25. The Morgan fingerprint density at radius 1 is 0.800 bits per heavy atom. The summed E-state index contributed by atoms with van der Waals surface area (Å²) >= 11 is 17.4. The number of thiocarbonyl (C=S) groups is 1. The van der Waals surface area contributed by atoms with Crippen molar-refractivity contribution in [3.05, 3.63) is 82.8 Å². The van der Waals surface area contributed by atoms with E-state index in [4.69, 9.17) is 40.2 Å². The third kappa shape index (κ3) is 5.10. The lowest BCUT2D eigenvalue weighted by atomic mass is 10.3. The van der Waals surface area contributed by atoms with E-state index in [0.29, 0.717) is 26.6 Å². The molecule has 0 unspecified atom stereocenters. The van der Waals surface area contributed by atoms with Crippen LogP contribution in [0.5, 0.6) is 11.5 Å². The van der Waals surface area contributed by atoms with Crippen molar-refractivity contribution in [1.82, 2.24) is 0 Å². The Morgan fingerprint density at radius 3 is 2.32 bits per heavy atom. The van der Waals surface area contributed by atoms with Gasteiger partial charge in [-0.1, -0.05) is 47.5 Å². The lowest BCUT2D eigenvalue weighted by Gasteiger charge is -2.13. The molecule has 0 aliphatic heterocycles. The van der Waals surface area contributed by atoms with E-state index in [1.54, 1.807) is 18.2 Å². The van der Waals surface area contributed by atoms with E-state index < -0.39 is 0 Å². The quantitative estimate of drug-likeness (QED) is 0.493. The van der Waals surface area contributed by atoms with Crippen molar-refractivity contribution in [2.24, 2.45) is 0 Å². The average molecular weight is 389 g/mol. The normalized spacial score (nSPS) is 10.2. The van der Waals surface area contributed by atoms with Crippen molar-refractivity contribution in [1.29, 1.82) is 0 Å². The van der Waals surface area contributed by atoms with Crippen molar-refractivity contribution in [3.63, 3.8) is 0 Å². The van der Waals surface area contributed by atoms with E-state index in [0.717, 1.165) is 11.4 Å². The topological polar surface area (TPSA) is 33.3 Å². The van der Waals surface area contributed by atoms with Crippen LogP contribution < -0.4 is 15.4 Å². The summed E-state index contributed by atoms with van der Waals surface area (Å²) in [7, 11) is 0. The number of rotatable bonds is 4. The van der Waals surface area contributed by atoms with E-state index in [9.17, 15) is 0 Å². The Kier molecular flexibility index (Phi) is 5.76. The molecule has 25 heavy (non-hydrogen) atoms. The SMILES string of the molecule is S=C(Nc1cccc(Oc2ccccc2)c1)Nc1ccc(Cl)cc1Cl. The summed E-state index contributed by atoms with van der Waals surface area (Å²) in [6.07, 6.45) is 0. The summed E-state index contributed by atoms with van der Waals surface area (Å²) in [5, 5.41) is 7.64. The number of hydrogen-bond donors (Lipinski definition) is 2. The van der Waals surface area contributed by atoms with Gasteiger partial charge in [0.05, 0.1) is 10.7 Å². The molecule has 0 bridgehead atoms. The molecular weight excluding hydrogens is 375 g/mol. The molecule has 0 aromatic heterocycles. The number of benzene rings is 3. The lowest BCUT2D eigenvalue weighted by Crippen LogP contribution is -2.19. The van der Waals surface area contributed by atoms with Crippen LogP contribution in [0, 0.1) is 0 Å². The molecule has 0 radical (unpaired) electrons. The van der Waals surface area contributed by atoms with Gasteiger partial charge in [-0.25, -0.2) is 0 Å². The smallest absolute Gasteiger partial charge is 0.175 e. The number of para-hydroxylation sites is 1. The number of ether oxygens (including phenoxy) is 1. The summed E-state index contributed by atoms with van der Waals surface area (Å²) in [6, 6.07) is 22.3.